The van der Waals surface area contributed by atoms with Crippen LogP contribution in [0, 0.1) is 0 Å². The van der Waals surface area contributed by atoms with Gasteiger partial charge in [0.2, 0.25) is 0 Å². The molecule has 0 bridgehead atoms. The summed E-state index contributed by atoms with van der Waals surface area (Å²) in [5.41, 5.74) is 4.24. The highest BCUT2D eigenvalue weighted by Crippen LogP contribution is 2.38. The van der Waals surface area contributed by atoms with Gasteiger partial charge in [-0.25, -0.2) is 0 Å². The summed E-state index contributed by atoms with van der Waals surface area (Å²) in [6, 6.07) is 18.6. The Bertz CT molecular complexity index is 896. The number of hydrogen-bond donors (Lipinski definition) is 1. The van der Waals surface area contributed by atoms with Gasteiger partial charge in [0.1, 0.15) is 0 Å². The Hall–Kier alpha value is -2.95. The number of nitrogens with one attached hydrogen (secondary N) is 1. The van der Waals surface area contributed by atoms with E-state index in [2.05, 4.69) is 27.5 Å². The zero-order valence-corrected chi connectivity index (χ0v) is 16.9. The fourth-order valence-electron chi connectivity index (χ4n) is 3.88. The number of carbonyl (C=O) groups excluding carboxylic acids is 1. The number of amides is 1. The van der Waals surface area contributed by atoms with Crippen LogP contribution in [0.5, 0.6) is 0 Å². The average Bonchev–Trinajstić information content (AvgIpc) is 3.23. The number of aromatic nitrogens is 3. The van der Waals surface area contributed by atoms with Crippen molar-refractivity contribution in [3.8, 4) is 11.1 Å². The predicted octanol–water partition coefficient (Wildman–Crippen LogP) is 5.05. The molecule has 2 saturated carbocycles. The predicted molar refractivity (Wildman–Crippen MR) is 115 cm³/mol. The van der Waals surface area contributed by atoms with Crippen LogP contribution in [0.3, 0.4) is 0 Å². The molecule has 1 aromatic heterocycles. The summed E-state index contributed by atoms with van der Waals surface area (Å²) in [5, 5.41) is 10.2. The van der Waals surface area contributed by atoms with E-state index in [4.69, 9.17) is 0 Å². The van der Waals surface area contributed by atoms with E-state index in [9.17, 15) is 4.79 Å². The maximum atomic E-state index is 12.5. The summed E-state index contributed by atoms with van der Waals surface area (Å²) in [6.07, 6.45) is 9.18. The molecular formula is C24H28N4O. The van der Waals surface area contributed by atoms with E-state index >= 15 is 0 Å². The van der Waals surface area contributed by atoms with Crippen molar-refractivity contribution < 1.29 is 4.79 Å². The largest absolute Gasteiger partial charge is 0.339 e. The molecule has 0 saturated heterocycles. The van der Waals surface area contributed by atoms with Crippen LogP contribution in [0.4, 0.5) is 0 Å². The number of rotatable bonds is 4. The number of nitrogens with zero attached hydrogens (tertiary/aromatic N) is 3. The summed E-state index contributed by atoms with van der Waals surface area (Å²) in [5.74, 6) is 0.871. The first-order valence-corrected chi connectivity index (χ1v) is 10.5. The molecule has 2 fully saturated rings. The Kier molecular flexibility index (Phi) is 6.03. The van der Waals surface area contributed by atoms with Crippen molar-refractivity contribution in [1.82, 2.24) is 20.3 Å². The minimum atomic E-state index is 0.140. The minimum absolute atomic E-state index is 0.140. The average molecular weight is 389 g/mol. The zero-order chi connectivity index (χ0) is 20.1. The van der Waals surface area contributed by atoms with Crippen LogP contribution >= 0.6 is 0 Å². The molecule has 5 nitrogen and oxygen atoms in total. The molecule has 5 rings (SSSR count). The Balaban J connectivity index is 0.000000211. The van der Waals surface area contributed by atoms with Crippen LogP contribution in [0.2, 0.25) is 0 Å². The van der Waals surface area contributed by atoms with Gasteiger partial charge in [0.05, 0.1) is 11.9 Å². The molecule has 3 aromatic rings. The minimum Gasteiger partial charge on any atom is -0.339 e. The van der Waals surface area contributed by atoms with Crippen LogP contribution in [0.15, 0.2) is 60.8 Å². The molecule has 1 heterocycles. The molecule has 150 valence electrons. The number of aromatic amines is 1. The van der Waals surface area contributed by atoms with E-state index in [1.165, 1.54) is 31.2 Å². The lowest BCUT2D eigenvalue weighted by Crippen LogP contribution is -2.35. The van der Waals surface area contributed by atoms with Crippen molar-refractivity contribution in [2.75, 3.05) is 7.05 Å². The lowest BCUT2D eigenvalue weighted by molar-refractivity contribution is 0.0735. The fourth-order valence-corrected chi connectivity index (χ4v) is 3.88. The molecule has 2 aliphatic rings. The van der Waals surface area contributed by atoms with E-state index < -0.39 is 0 Å². The molecule has 2 aliphatic carbocycles. The maximum absolute atomic E-state index is 12.5. The van der Waals surface area contributed by atoms with Gasteiger partial charge in [-0.05, 0) is 48.9 Å². The maximum Gasteiger partial charge on any atom is 0.253 e. The van der Waals surface area contributed by atoms with Gasteiger partial charge in [-0.1, -0.05) is 55.3 Å². The van der Waals surface area contributed by atoms with E-state index in [0.717, 1.165) is 35.6 Å². The van der Waals surface area contributed by atoms with Crippen LogP contribution in [-0.2, 0) is 0 Å². The molecule has 0 atom stereocenters. The topological polar surface area (TPSA) is 61.9 Å². The quantitative estimate of drug-likeness (QED) is 0.680. The third-order valence-corrected chi connectivity index (χ3v) is 5.86. The van der Waals surface area contributed by atoms with Crippen LogP contribution in [0.1, 0.15) is 60.5 Å². The summed E-state index contributed by atoms with van der Waals surface area (Å²) < 4.78 is 0. The Morgan fingerprint density at radius 1 is 0.931 bits per heavy atom. The summed E-state index contributed by atoms with van der Waals surface area (Å²) in [6.45, 7) is 0. The molecule has 1 amide bonds. The van der Waals surface area contributed by atoms with Crippen LogP contribution in [0.25, 0.3) is 11.1 Å². The highest BCUT2D eigenvalue weighted by atomic mass is 16.2. The second-order valence-corrected chi connectivity index (χ2v) is 7.97. The Morgan fingerprint density at radius 3 is 2.17 bits per heavy atom. The Morgan fingerprint density at radius 2 is 1.59 bits per heavy atom. The van der Waals surface area contributed by atoms with Gasteiger partial charge in [-0.2, -0.15) is 15.4 Å². The molecule has 0 spiro atoms. The molecule has 0 aliphatic heterocycles. The van der Waals surface area contributed by atoms with Gasteiger partial charge in [0.25, 0.3) is 5.91 Å². The van der Waals surface area contributed by atoms with Crippen molar-refractivity contribution >= 4 is 5.91 Å². The third-order valence-electron chi connectivity index (χ3n) is 5.86. The van der Waals surface area contributed by atoms with Gasteiger partial charge in [-0.3, -0.25) is 4.79 Å². The van der Waals surface area contributed by atoms with Crippen molar-refractivity contribution in [3.63, 3.8) is 0 Å². The van der Waals surface area contributed by atoms with Gasteiger partial charge in [-0.15, -0.1) is 0 Å². The first kappa shape index (κ1) is 19.4. The van der Waals surface area contributed by atoms with Gasteiger partial charge in [0.15, 0.2) is 0 Å². The first-order chi connectivity index (χ1) is 14.2. The smallest absolute Gasteiger partial charge is 0.253 e. The molecule has 1 N–H and O–H groups in total. The van der Waals surface area contributed by atoms with E-state index in [-0.39, 0.29) is 5.91 Å². The standard InChI is InChI=1S/C19H21NO.C5H7N3/c1-20(18-9-5-6-10-18)19(21)17-13-11-16(12-14-17)15-7-3-2-4-8-15;1-2-4(1)5-3-6-8-7-5/h2-4,7-8,11-14,18H,5-6,9-10H2,1H3;3-4H,1-2H2,(H,6,7,8). The molecule has 2 aromatic carbocycles. The second-order valence-electron chi connectivity index (χ2n) is 7.97. The van der Waals surface area contributed by atoms with Crippen molar-refractivity contribution in [2.45, 2.75) is 50.5 Å². The fraction of sp³-hybridized carbons (Fsp3) is 0.375. The SMILES string of the molecule is CN(C(=O)c1ccc(-c2ccccc2)cc1)C1CCCC1.c1n[nH]nc1C1CC1. The molecule has 29 heavy (non-hydrogen) atoms. The Labute approximate surface area is 172 Å². The molecule has 0 radical (unpaired) electrons. The second kappa shape index (κ2) is 9.03. The van der Waals surface area contributed by atoms with Gasteiger partial charge < -0.3 is 4.90 Å². The lowest BCUT2D eigenvalue weighted by Gasteiger charge is -2.24. The molecule has 5 heteroatoms. The van der Waals surface area contributed by atoms with E-state index in [1.807, 2.05) is 54.4 Å². The molecular weight excluding hydrogens is 360 g/mol. The first-order valence-electron chi connectivity index (χ1n) is 10.5. The zero-order valence-electron chi connectivity index (χ0n) is 16.9. The summed E-state index contributed by atoms with van der Waals surface area (Å²) in [4.78, 5) is 14.4. The van der Waals surface area contributed by atoms with Crippen molar-refractivity contribution in [2.24, 2.45) is 0 Å². The molecule has 0 unspecified atom stereocenters. The number of hydrogen-bond acceptors (Lipinski definition) is 3. The van der Waals surface area contributed by atoms with Crippen molar-refractivity contribution in [3.05, 3.63) is 72.1 Å². The third kappa shape index (κ3) is 4.91. The van der Waals surface area contributed by atoms with Crippen molar-refractivity contribution in [1.29, 1.82) is 0 Å². The highest BCUT2D eigenvalue weighted by Gasteiger charge is 2.25. The number of benzene rings is 2. The summed E-state index contributed by atoms with van der Waals surface area (Å²) >= 11 is 0. The van der Waals surface area contributed by atoms with Gasteiger partial charge >= 0.3 is 0 Å². The van der Waals surface area contributed by atoms with Gasteiger partial charge in [0, 0.05) is 24.6 Å². The normalized spacial score (nSPS) is 16.2. The number of H-pyrrole nitrogens is 1. The van der Waals surface area contributed by atoms with E-state index in [0.29, 0.717) is 6.04 Å². The highest BCUT2D eigenvalue weighted by molar-refractivity contribution is 5.94. The van der Waals surface area contributed by atoms with Crippen LogP contribution in [-0.4, -0.2) is 39.3 Å². The lowest BCUT2D eigenvalue weighted by atomic mass is 10.0. The summed E-state index contributed by atoms with van der Waals surface area (Å²) in [7, 11) is 1.93. The van der Waals surface area contributed by atoms with E-state index in [1.54, 1.807) is 6.20 Å². The monoisotopic (exact) mass is 388 g/mol. The van der Waals surface area contributed by atoms with Crippen LogP contribution < -0.4 is 0 Å². The number of carbonyl (C=O) groups is 1.